The van der Waals surface area contributed by atoms with E-state index in [4.69, 9.17) is 0 Å². The summed E-state index contributed by atoms with van der Waals surface area (Å²) in [6.45, 7) is 4.32. The largest absolute Gasteiger partial charge is 0.303 e. The summed E-state index contributed by atoms with van der Waals surface area (Å²) in [5, 5.41) is 0. The number of carbonyl (C=O) groups is 1. The van der Waals surface area contributed by atoms with Crippen molar-refractivity contribution in [3.63, 3.8) is 0 Å². The van der Waals surface area contributed by atoms with Crippen molar-refractivity contribution in [3.05, 3.63) is 12.2 Å². The molecule has 0 rings (SSSR count). The van der Waals surface area contributed by atoms with Crippen LogP contribution in [0.5, 0.6) is 0 Å². The van der Waals surface area contributed by atoms with Crippen LogP contribution in [0.4, 0.5) is 0 Å². The Morgan fingerprint density at radius 1 is 1.14 bits per heavy atom. The fourth-order valence-electron chi connectivity index (χ4n) is 1.42. The van der Waals surface area contributed by atoms with Gasteiger partial charge in [0.2, 0.25) is 0 Å². The first kappa shape index (κ1) is 13.4. The van der Waals surface area contributed by atoms with Gasteiger partial charge in [-0.15, -0.1) is 0 Å². The van der Waals surface area contributed by atoms with Crippen LogP contribution in [0, 0.1) is 5.92 Å². The van der Waals surface area contributed by atoms with Crippen LogP contribution >= 0.6 is 0 Å². The summed E-state index contributed by atoms with van der Waals surface area (Å²) < 4.78 is 0. The number of allylic oxidation sites excluding steroid dienone is 2. The molecule has 0 saturated carbocycles. The molecule has 0 heterocycles. The van der Waals surface area contributed by atoms with Crippen molar-refractivity contribution in [1.29, 1.82) is 0 Å². The fraction of sp³-hybridized carbons (Fsp3) is 0.769. The molecule has 0 aromatic carbocycles. The number of hydrogen-bond acceptors (Lipinski definition) is 1. The molecule has 0 fully saturated rings. The first-order valence-corrected chi connectivity index (χ1v) is 5.91. The Bertz CT molecular complexity index is 149. The van der Waals surface area contributed by atoms with Gasteiger partial charge in [0, 0.05) is 6.42 Å². The van der Waals surface area contributed by atoms with E-state index in [2.05, 4.69) is 26.0 Å². The van der Waals surface area contributed by atoms with E-state index in [0.29, 0.717) is 12.3 Å². The van der Waals surface area contributed by atoms with E-state index in [1.807, 2.05) is 0 Å². The van der Waals surface area contributed by atoms with Gasteiger partial charge in [-0.3, -0.25) is 0 Å². The summed E-state index contributed by atoms with van der Waals surface area (Å²) in [5.41, 5.74) is 0. The highest BCUT2D eigenvalue weighted by atomic mass is 16.1. The highest BCUT2D eigenvalue weighted by Gasteiger charge is 1.93. The Morgan fingerprint density at radius 2 is 1.86 bits per heavy atom. The van der Waals surface area contributed by atoms with Crippen molar-refractivity contribution in [2.24, 2.45) is 5.92 Å². The van der Waals surface area contributed by atoms with Gasteiger partial charge in [0.05, 0.1) is 0 Å². The predicted octanol–water partition coefficient (Wildman–Crippen LogP) is 4.13. The predicted molar refractivity (Wildman–Crippen MR) is 62.4 cm³/mol. The fourth-order valence-corrected chi connectivity index (χ4v) is 1.42. The minimum atomic E-state index is 0.420. The quantitative estimate of drug-likeness (QED) is 0.308. The molecule has 1 atom stereocenters. The normalized spacial score (nSPS) is 13.3. The summed E-state index contributed by atoms with van der Waals surface area (Å²) in [7, 11) is 0. The van der Waals surface area contributed by atoms with Crippen molar-refractivity contribution in [2.45, 2.75) is 58.8 Å². The van der Waals surface area contributed by atoms with E-state index in [-0.39, 0.29) is 0 Å². The number of unbranched alkanes of at least 4 members (excludes halogenated alkanes) is 5. The van der Waals surface area contributed by atoms with Gasteiger partial charge in [0.25, 0.3) is 0 Å². The third kappa shape index (κ3) is 9.50. The Morgan fingerprint density at radius 3 is 2.50 bits per heavy atom. The zero-order valence-corrected chi connectivity index (χ0v) is 9.67. The number of rotatable bonds is 9. The SMILES string of the molecule is CCCCCCC/C=C\C(C)CC=O. The zero-order chi connectivity index (χ0) is 10.6. The highest BCUT2D eigenvalue weighted by Crippen LogP contribution is 2.07. The van der Waals surface area contributed by atoms with Gasteiger partial charge in [0.1, 0.15) is 6.29 Å². The highest BCUT2D eigenvalue weighted by molar-refractivity contribution is 5.50. The lowest BCUT2D eigenvalue weighted by molar-refractivity contribution is -0.108. The average Bonchev–Trinajstić information content (AvgIpc) is 2.17. The van der Waals surface area contributed by atoms with Crippen LogP contribution in [0.2, 0.25) is 0 Å². The monoisotopic (exact) mass is 196 g/mol. The van der Waals surface area contributed by atoms with Crippen LogP contribution in [0.15, 0.2) is 12.2 Å². The molecule has 82 valence electrons. The van der Waals surface area contributed by atoms with Crippen LogP contribution in [-0.2, 0) is 4.79 Å². The lowest BCUT2D eigenvalue weighted by Gasteiger charge is -1.99. The summed E-state index contributed by atoms with van der Waals surface area (Å²) in [5.74, 6) is 0.420. The number of hydrogen-bond donors (Lipinski definition) is 0. The summed E-state index contributed by atoms with van der Waals surface area (Å²) >= 11 is 0. The third-order valence-electron chi connectivity index (χ3n) is 2.41. The maximum Gasteiger partial charge on any atom is 0.120 e. The second-order valence-electron chi connectivity index (χ2n) is 4.01. The van der Waals surface area contributed by atoms with Crippen LogP contribution < -0.4 is 0 Å². The van der Waals surface area contributed by atoms with Crippen LogP contribution in [0.25, 0.3) is 0 Å². The van der Waals surface area contributed by atoms with Gasteiger partial charge in [-0.1, -0.05) is 51.7 Å². The van der Waals surface area contributed by atoms with E-state index < -0.39 is 0 Å². The van der Waals surface area contributed by atoms with E-state index >= 15 is 0 Å². The van der Waals surface area contributed by atoms with Gasteiger partial charge >= 0.3 is 0 Å². The van der Waals surface area contributed by atoms with Gasteiger partial charge in [-0.25, -0.2) is 0 Å². The van der Waals surface area contributed by atoms with Crippen molar-refractivity contribution in [1.82, 2.24) is 0 Å². The molecule has 0 spiro atoms. The maximum atomic E-state index is 10.2. The Kier molecular flexibility index (Phi) is 10.0. The molecule has 1 heteroatoms. The third-order valence-corrected chi connectivity index (χ3v) is 2.41. The molecular formula is C13H24O. The molecule has 0 aliphatic carbocycles. The number of carbonyl (C=O) groups excluding carboxylic acids is 1. The van der Waals surface area contributed by atoms with Gasteiger partial charge in [-0.05, 0) is 18.8 Å². The van der Waals surface area contributed by atoms with E-state index in [9.17, 15) is 4.79 Å². The van der Waals surface area contributed by atoms with Crippen LogP contribution in [0.3, 0.4) is 0 Å². The molecule has 0 aromatic rings. The molecule has 0 saturated heterocycles. The summed E-state index contributed by atoms with van der Waals surface area (Å²) in [4.78, 5) is 10.2. The standard InChI is InChI=1S/C13H24O/c1-3-4-5-6-7-8-9-10-13(2)11-12-14/h9-10,12-13H,3-8,11H2,1-2H3/b10-9-. The van der Waals surface area contributed by atoms with Gasteiger partial charge < -0.3 is 4.79 Å². The van der Waals surface area contributed by atoms with E-state index in [1.165, 1.54) is 38.5 Å². The molecule has 14 heavy (non-hydrogen) atoms. The zero-order valence-electron chi connectivity index (χ0n) is 9.67. The Hall–Kier alpha value is -0.590. The first-order chi connectivity index (χ1) is 6.81. The van der Waals surface area contributed by atoms with Crippen molar-refractivity contribution < 1.29 is 4.79 Å². The van der Waals surface area contributed by atoms with Crippen LogP contribution in [0.1, 0.15) is 58.8 Å². The molecular weight excluding hydrogens is 172 g/mol. The van der Waals surface area contributed by atoms with Crippen molar-refractivity contribution in [2.75, 3.05) is 0 Å². The van der Waals surface area contributed by atoms with Crippen molar-refractivity contribution >= 4 is 6.29 Å². The second-order valence-corrected chi connectivity index (χ2v) is 4.01. The minimum Gasteiger partial charge on any atom is -0.303 e. The summed E-state index contributed by atoms with van der Waals surface area (Å²) in [6.07, 6.45) is 13.9. The van der Waals surface area contributed by atoms with Crippen molar-refractivity contribution in [3.8, 4) is 0 Å². The summed E-state index contributed by atoms with van der Waals surface area (Å²) in [6, 6.07) is 0. The van der Waals surface area contributed by atoms with E-state index in [1.54, 1.807) is 0 Å². The lowest BCUT2D eigenvalue weighted by Crippen LogP contribution is -1.89. The maximum absolute atomic E-state index is 10.2. The molecule has 0 aromatic heterocycles. The average molecular weight is 196 g/mol. The second kappa shape index (κ2) is 10.5. The van der Waals surface area contributed by atoms with E-state index in [0.717, 1.165) is 6.29 Å². The molecule has 0 N–H and O–H groups in total. The molecule has 1 nitrogen and oxygen atoms in total. The number of aldehydes is 1. The Labute approximate surface area is 88.6 Å². The smallest absolute Gasteiger partial charge is 0.120 e. The first-order valence-electron chi connectivity index (χ1n) is 5.91. The topological polar surface area (TPSA) is 17.1 Å². The lowest BCUT2D eigenvalue weighted by atomic mass is 10.1. The molecule has 0 bridgehead atoms. The molecule has 0 radical (unpaired) electrons. The molecule has 1 unspecified atom stereocenters. The van der Waals surface area contributed by atoms with Gasteiger partial charge in [0.15, 0.2) is 0 Å². The minimum absolute atomic E-state index is 0.420. The Balaban J connectivity index is 3.21. The van der Waals surface area contributed by atoms with Crippen LogP contribution in [-0.4, -0.2) is 6.29 Å². The molecule has 0 aliphatic heterocycles. The molecule has 0 amide bonds. The molecule has 0 aliphatic rings. The van der Waals surface area contributed by atoms with Gasteiger partial charge in [-0.2, -0.15) is 0 Å².